The number of carbonyl (C=O) groups excluding carboxylic acids is 1. The zero-order valence-electron chi connectivity index (χ0n) is 18.9. The highest BCUT2D eigenvalue weighted by atomic mass is 19.1. The summed E-state index contributed by atoms with van der Waals surface area (Å²) in [7, 11) is 1.78. The van der Waals surface area contributed by atoms with Gasteiger partial charge in [0.1, 0.15) is 11.5 Å². The van der Waals surface area contributed by atoms with Gasteiger partial charge in [-0.1, -0.05) is 6.07 Å². The van der Waals surface area contributed by atoms with Gasteiger partial charge in [0.2, 0.25) is 0 Å². The van der Waals surface area contributed by atoms with Crippen LogP contribution < -0.4 is 15.5 Å². The third-order valence-electron chi connectivity index (χ3n) is 5.32. The third-order valence-corrected chi connectivity index (χ3v) is 5.32. The molecule has 1 atom stereocenters. The Balaban J connectivity index is 1.79. The number of amides is 1. The van der Waals surface area contributed by atoms with Crippen molar-refractivity contribution >= 4 is 28.7 Å². The Morgan fingerprint density at radius 3 is 2.48 bits per heavy atom. The number of hydrogen-bond acceptors (Lipinski definition) is 6. The van der Waals surface area contributed by atoms with E-state index in [9.17, 15) is 19.3 Å². The number of anilines is 3. The SMILES string of the molecule is CC(Nc1ccc(C(=O)Nc2ccc(N(C)C(C)C)c(F)c2)cc1[N+](=O)[O-])c1ccccn1. The minimum Gasteiger partial charge on any atom is -0.371 e. The maximum Gasteiger partial charge on any atom is 0.293 e. The van der Waals surface area contributed by atoms with Gasteiger partial charge in [-0.2, -0.15) is 0 Å². The molecule has 2 N–H and O–H groups in total. The number of hydrogen-bond donors (Lipinski definition) is 2. The van der Waals surface area contributed by atoms with Gasteiger partial charge in [-0.25, -0.2) is 4.39 Å². The molecule has 0 aliphatic rings. The quantitative estimate of drug-likeness (QED) is 0.351. The van der Waals surface area contributed by atoms with Crippen molar-refractivity contribution < 1.29 is 14.1 Å². The molecule has 1 amide bonds. The summed E-state index contributed by atoms with van der Waals surface area (Å²) in [6, 6.07) is 13.8. The van der Waals surface area contributed by atoms with E-state index in [2.05, 4.69) is 15.6 Å². The first-order valence-electron chi connectivity index (χ1n) is 10.5. The van der Waals surface area contributed by atoms with E-state index in [1.165, 1.54) is 24.3 Å². The average molecular weight is 452 g/mol. The fourth-order valence-corrected chi connectivity index (χ4v) is 3.24. The second kappa shape index (κ2) is 10.1. The van der Waals surface area contributed by atoms with E-state index in [0.29, 0.717) is 5.69 Å². The first kappa shape index (κ1) is 23.6. The van der Waals surface area contributed by atoms with Gasteiger partial charge in [-0.15, -0.1) is 0 Å². The molecule has 0 bridgehead atoms. The van der Waals surface area contributed by atoms with Gasteiger partial charge in [0.05, 0.1) is 22.3 Å². The van der Waals surface area contributed by atoms with Crippen LogP contribution in [0.3, 0.4) is 0 Å². The lowest BCUT2D eigenvalue weighted by atomic mass is 10.1. The lowest BCUT2D eigenvalue weighted by Crippen LogP contribution is -2.26. The van der Waals surface area contributed by atoms with Crippen LogP contribution in [-0.4, -0.2) is 28.9 Å². The van der Waals surface area contributed by atoms with Gasteiger partial charge in [0, 0.05) is 36.6 Å². The molecule has 0 fully saturated rings. The van der Waals surface area contributed by atoms with Crippen LogP contribution in [0.25, 0.3) is 0 Å². The Kier molecular flexibility index (Phi) is 7.22. The van der Waals surface area contributed by atoms with Crippen LogP contribution in [0.4, 0.5) is 27.1 Å². The molecule has 0 spiro atoms. The highest BCUT2D eigenvalue weighted by Crippen LogP contribution is 2.30. The van der Waals surface area contributed by atoms with Crippen LogP contribution >= 0.6 is 0 Å². The number of aromatic nitrogens is 1. The molecule has 9 heteroatoms. The second-order valence-corrected chi connectivity index (χ2v) is 7.93. The normalized spacial score (nSPS) is 11.7. The molecule has 1 unspecified atom stereocenters. The maximum atomic E-state index is 14.5. The Morgan fingerprint density at radius 2 is 1.88 bits per heavy atom. The number of nitrogens with one attached hydrogen (secondary N) is 2. The van der Waals surface area contributed by atoms with Crippen LogP contribution in [0.1, 0.15) is 42.9 Å². The van der Waals surface area contributed by atoms with Crippen molar-refractivity contribution in [2.45, 2.75) is 32.9 Å². The fraction of sp³-hybridized carbons (Fsp3) is 0.250. The number of nitro groups is 1. The molecule has 1 aromatic heterocycles. The van der Waals surface area contributed by atoms with Crippen molar-refractivity contribution in [1.29, 1.82) is 0 Å². The number of carbonyl (C=O) groups is 1. The molecule has 3 aromatic rings. The molecule has 2 aromatic carbocycles. The molecule has 0 saturated heterocycles. The Labute approximate surface area is 191 Å². The Hall–Kier alpha value is -4.01. The topological polar surface area (TPSA) is 100 Å². The molecule has 0 radical (unpaired) electrons. The predicted molar refractivity (Wildman–Crippen MR) is 127 cm³/mol. The first-order chi connectivity index (χ1) is 15.7. The van der Waals surface area contributed by atoms with E-state index in [1.807, 2.05) is 32.9 Å². The average Bonchev–Trinajstić information content (AvgIpc) is 2.79. The van der Waals surface area contributed by atoms with Gasteiger partial charge in [-0.3, -0.25) is 19.9 Å². The third kappa shape index (κ3) is 5.62. The lowest BCUT2D eigenvalue weighted by molar-refractivity contribution is -0.384. The van der Waals surface area contributed by atoms with Crippen molar-refractivity contribution in [2.24, 2.45) is 0 Å². The monoisotopic (exact) mass is 451 g/mol. The summed E-state index contributed by atoms with van der Waals surface area (Å²) in [4.78, 5) is 29.8. The van der Waals surface area contributed by atoms with Crippen LogP contribution in [-0.2, 0) is 0 Å². The van der Waals surface area contributed by atoms with Gasteiger partial charge < -0.3 is 15.5 Å². The molecular formula is C24H26FN5O3. The highest BCUT2D eigenvalue weighted by molar-refractivity contribution is 6.05. The summed E-state index contributed by atoms with van der Waals surface area (Å²) < 4.78 is 14.5. The van der Waals surface area contributed by atoms with Crippen LogP contribution in [0.5, 0.6) is 0 Å². The van der Waals surface area contributed by atoms with Crippen molar-refractivity contribution in [1.82, 2.24) is 4.98 Å². The van der Waals surface area contributed by atoms with Crippen molar-refractivity contribution in [2.75, 3.05) is 22.6 Å². The fourth-order valence-electron chi connectivity index (χ4n) is 3.24. The summed E-state index contributed by atoms with van der Waals surface area (Å²) in [6.45, 7) is 5.72. The van der Waals surface area contributed by atoms with Crippen molar-refractivity contribution in [3.63, 3.8) is 0 Å². The minimum atomic E-state index is -0.577. The molecule has 8 nitrogen and oxygen atoms in total. The summed E-state index contributed by atoms with van der Waals surface area (Å²) in [5.74, 6) is -1.05. The summed E-state index contributed by atoms with van der Waals surface area (Å²) in [5, 5.41) is 17.3. The zero-order chi connectivity index (χ0) is 24.1. The Morgan fingerprint density at radius 1 is 1.12 bits per heavy atom. The number of nitrogens with zero attached hydrogens (tertiary/aromatic N) is 3. The first-order valence-corrected chi connectivity index (χ1v) is 10.5. The lowest BCUT2D eigenvalue weighted by Gasteiger charge is -2.24. The number of nitro benzene ring substituents is 1. The molecule has 3 rings (SSSR count). The van der Waals surface area contributed by atoms with Gasteiger partial charge in [-0.05, 0) is 63.2 Å². The van der Waals surface area contributed by atoms with Crippen LogP contribution in [0, 0.1) is 15.9 Å². The molecule has 33 heavy (non-hydrogen) atoms. The van der Waals surface area contributed by atoms with E-state index < -0.39 is 16.6 Å². The number of pyridine rings is 1. The maximum absolute atomic E-state index is 14.5. The smallest absolute Gasteiger partial charge is 0.293 e. The van der Waals surface area contributed by atoms with E-state index in [0.717, 1.165) is 5.69 Å². The van der Waals surface area contributed by atoms with Crippen LogP contribution in [0.15, 0.2) is 60.8 Å². The zero-order valence-corrected chi connectivity index (χ0v) is 18.9. The largest absolute Gasteiger partial charge is 0.371 e. The van der Waals surface area contributed by atoms with Gasteiger partial charge in [0.25, 0.3) is 11.6 Å². The van der Waals surface area contributed by atoms with E-state index in [-0.39, 0.29) is 34.7 Å². The highest BCUT2D eigenvalue weighted by Gasteiger charge is 2.20. The van der Waals surface area contributed by atoms with Crippen LogP contribution in [0.2, 0.25) is 0 Å². The minimum absolute atomic E-state index is 0.0847. The summed E-state index contributed by atoms with van der Waals surface area (Å²) >= 11 is 0. The standard InChI is InChI=1S/C24H26FN5O3/c1-15(2)29(4)22-11-9-18(14-19(22)25)28-24(31)17-8-10-21(23(13-17)30(32)33)27-16(3)20-7-5-6-12-26-20/h5-16,27H,1-4H3,(H,28,31). The number of rotatable bonds is 8. The van der Waals surface area contributed by atoms with E-state index >= 15 is 0 Å². The number of benzene rings is 2. The molecule has 172 valence electrons. The molecule has 0 aliphatic heterocycles. The number of halogens is 1. The molecular weight excluding hydrogens is 425 g/mol. The van der Waals surface area contributed by atoms with E-state index in [4.69, 9.17) is 0 Å². The summed E-state index contributed by atoms with van der Waals surface area (Å²) in [6.07, 6.45) is 1.64. The van der Waals surface area contributed by atoms with Gasteiger partial charge in [0.15, 0.2) is 0 Å². The second-order valence-electron chi connectivity index (χ2n) is 7.93. The van der Waals surface area contributed by atoms with Crippen molar-refractivity contribution in [3.05, 3.63) is 88.0 Å². The predicted octanol–water partition coefficient (Wildman–Crippen LogP) is 5.40. The molecule has 0 aliphatic carbocycles. The summed E-state index contributed by atoms with van der Waals surface area (Å²) in [5.41, 5.74) is 1.50. The Bertz CT molecular complexity index is 1150. The molecule has 0 saturated carbocycles. The van der Waals surface area contributed by atoms with Gasteiger partial charge >= 0.3 is 0 Å². The molecule has 1 heterocycles. The van der Waals surface area contributed by atoms with Crippen molar-refractivity contribution in [3.8, 4) is 0 Å². The van der Waals surface area contributed by atoms with E-state index in [1.54, 1.807) is 36.3 Å².